The molecule has 2 aliphatic carbocycles. The summed E-state index contributed by atoms with van der Waals surface area (Å²) < 4.78 is 5.73. The van der Waals surface area contributed by atoms with Gasteiger partial charge in [-0.2, -0.15) is 5.10 Å². The predicted molar refractivity (Wildman–Crippen MR) is 96.5 cm³/mol. The highest BCUT2D eigenvalue weighted by Gasteiger charge is 2.40. The zero-order valence-corrected chi connectivity index (χ0v) is 15.3. The number of halogens is 1. The van der Waals surface area contributed by atoms with E-state index in [2.05, 4.69) is 10.5 Å². The van der Waals surface area contributed by atoms with E-state index >= 15 is 0 Å². The summed E-state index contributed by atoms with van der Waals surface area (Å²) in [4.78, 5) is 12.2. The number of carbonyl (C=O) groups is 1. The number of hydrogen-bond acceptors (Lipinski definition) is 3. The Balaban J connectivity index is 1.55. The molecule has 0 aromatic heterocycles. The van der Waals surface area contributed by atoms with E-state index in [0.29, 0.717) is 16.7 Å². The molecular formula is C19H25ClN2O2. The van der Waals surface area contributed by atoms with Gasteiger partial charge in [-0.15, -0.1) is 0 Å². The first kappa shape index (κ1) is 17.3. The van der Waals surface area contributed by atoms with Crippen molar-refractivity contribution in [2.45, 2.75) is 52.6 Å². The Morgan fingerprint density at radius 3 is 2.79 bits per heavy atom. The Bertz CT molecular complexity index is 659. The van der Waals surface area contributed by atoms with Crippen molar-refractivity contribution in [3.63, 3.8) is 0 Å². The van der Waals surface area contributed by atoms with Gasteiger partial charge >= 0.3 is 0 Å². The Hall–Kier alpha value is -1.55. The lowest BCUT2D eigenvalue weighted by Crippen LogP contribution is -2.34. The van der Waals surface area contributed by atoms with E-state index < -0.39 is 6.10 Å². The van der Waals surface area contributed by atoms with E-state index in [-0.39, 0.29) is 5.91 Å². The topological polar surface area (TPSA) is 50.7 Å². The molecule has 3 rings (SSSR count). The molecule has 2 aliphatic rings. The summed E-state index contributed by atoms with van der Waals surface area (Å²) in [5.74, 6) is 2.61. The van der Waals surface area contributed by atoms with Crippen LogP contribution in [-0.2, 0) is 4.79 Å². The van der Waals surface area contributed by atoms with Crippen LogP contribution in [0.3, 0.4) is 0 Å². The molecule has 1 amide bonds. The fraction of sp³-hybridized carbons (Fsp3) is 0.579. The lowest BCUT2D eigenvalue weighted by Gasteiger charge is -2.21. The van der Waals surface area contributed by atoms with E-state index in [1.807, 2.05) is 19.9 Å². The third kappa shape index (κ3) is 3.75. The Morgan fingerprint density at radius 2 is 2.17 bits per heavy atom. The first-order valence-electron chi connectivity index (χ1n) is 8.71. The number of ether oxygens (including phenoxy) is 1. The number of nitrogens with zero attached hydrogens (tertiary/aromatic N) is 1. The normalized spacial score (nSPS) is 27.2. The number of rotatable bonds is 5. The smallest absolute Gasteiger partial charge is 0.280 e. The quantitative estimate of drug-likeness (QED) is 0.635. The minimum atomic E-state index is -0.610. The SMILES string of the molecule is C/C(=N\NC(=O)[C@H](C)Oc1ccc(Cl)cc1C)[C@@H]1C[C@H]2CC[C@H]1C2. The summed E-state index contributed by atoms with van der Waals surface area (Å²) in [5, 5.41) is 5.00. The van der Waals surface area contributed by atoms with Crippen LogP contribution in [-0.4, -0.2) is 17.7 Å². The number of benzene rings is 1. The molecule has 0 heterocycles. The van der Waals surface area contributed by atoms with Gasteiger partial charge in [0.05, 0.1) is 0 Å². The molecule has 24 heavy (non-hydrogen) atoms. The van der Waals surface area contributed by atoms with E-state index in [1.54, 1.807) is 19.1 Å². The van der Waals surface area contributed by atoms with Crippen LogP contribution in [0.4, 0.5) is 0 Å². The van der Waals surface area contributed by atoms with Crippen molar-refractivity contribution >= 4 is 23.2 Å². The first-order chi connectivity index (χ1) is 11.4. The second-order valence-electron chi connectivity index (χ2n) is 7.18. The van der Waals surface area contributed by atoms with Gasteiger partial charge in [-0.25, -0.2) is 5.43 Å². The van der Waals surface area contributed by atoms with Crippen LogP contribution in [0.2, 0.25) is 5.02 Å². The molecule has 1 aromatic carbocycles. The van der Waals surface area contributed by atoms with Gasteiger partial charge in [-0.1, -0.05) is 18.0 Å². The Labute approximate surface area is 148 Å². The van der Waals surface area contributed by atoms with E-state index in [1.165, 1.54) is 25.7 Å². The van der Waals surface area contributed by atoms with Crippen LogP contribution >= 0.6 is 11.6 Å². The largest absolute Gasteiger partial charge is 0.481 e. The molecule has 4 nitrogen and oxygen atoms in total. The Kier molecular flexibility index (Phi) is 5.14. The van der Waals surface area contributed by atoms with Crippen molar-refractivity contribution in [2.24, 2.45) is 22.9 Å². The van der Waals surface area contributed by atoms with Crippen LogP contribution in [0, 0.1) is 24.7 Å². The summed E-state index contributed by atoms with van der Waals surface area (Å²) in [6.45, 7) is 5.66. The highest BCUT2D eigenvalue weighted by atomic mass is 35.5. The number of fused-ring (bicyclic) bond motifs is 2. The third-order valence-corrected chi connectivity index (χ3v) is 5.66. The third-order valence-electron chi connectivity index (χ3n) is 5.43. The minimum Gasteiger partial charge on any atom is -0.481 e. The lowest BCUT2D eigenvalue weighted by atomic mass is 9.86. The van der Waals surface area contributed by atoms with Crippen LogP contribution in [0.1, 0.15) is 45.1 Å². The van der Waals surface area contributed by atoms with Gasteiger partial charge in [-0.05, 0) is 75.6 Å². The first-order valence-corrected chi connectivity index (χ1v) is 9.08. The van der Waals surface area contributed by atoms with Crippen LogP contribution in [0.15, 0.2) is 23.3 Å². The fourth-order valence-electron chi connectivity index (χ4n) is 4.06. The maximum atomic E-state index is 12.2. The average molecular weight is 349 g/mol. The zero-order chi connectivity index (χ0) is 17.3. The Morgan fingerprint density at radius 1 is 1.38 bits per heavy atom. The van der Waals surface area contributed by atoms with Crippen LogP contribution in [0.5, 0.6) is 5.75 Å². The van der Waals surface area contributed by atoms with Gasteiger partial charge in [0.1, 0.15) is 5.75 Å². The molecule has 0 unspecified atom stereocenters. The number of carbonyl (C=O) groups excluding carboxylic acids is 1. The summed E-state index contributed by atoms with van der Waals surface area (Å²) in [5.41, 5.74) is 4.62. The van der Waals surface area contributed by atoms with E-state index in [9.17, 15) is 4.79 Å². The number of aryl methyl sites for hydroxylation is 1. The summed E-state index contributed by atoms with van der Waals surface area (Å²) in [6, 6.07) is 5.36. The molecule has 0 radical (unpaired) electrons. The van der Waals surface area contributed by atoms with Gasteiger partial charge < -0.3 is 4.74 Å². The van der Waals surface area contributed by atoms with E-state index in [4.69, 9.17) is 16.3 Å². The second kappa shape index (κ2) is 7.14. The van der Waals surface area contributed by atoms with Crippen molar-refractivity contribution < 1.29 is 9.53 Å². The molecule has 2 saturated carbocycles. The molecule has 130 valence electrons. The number of amides is 1. The molecule has 1 aromatic rings. The van der Waals surface area contributed by atoms with Gasteiger partial charge in [0.2, 0.25) is 0 Å². The number of nitrogens with one attached hydrogen (secondary N) is 1. The van der Waals surface area contributed by atoms with Gasteiger partial charge in [0, 0.05) is 16.7 Å². The van der Waals surface area contributed by atoms with Crippen molar-refractivity contribution in [3.8, 4) is 5.75 Å². The van der Waals surface area contributed by atoms with Crippen molar-refractivity contribution in [1.82, 2.24) is 5.43 Å². The predicted octanol–water partition coefficient (Wildman–Crippen LogP) is 4.34. The fourth-order valence-corrected chi connectivity index (χ4v) is 4.29. The van der Waals surface area contributed by atoms with Gasteiger partial charge in [0.25, 0.3) is 5.91 Å². The molecule has 2 fully saturated rings. The number of hydrazone groups is 1. The maximum Gasteiger partial charge on any atom is 0.280 e. The monoisotopic (exact) mass is 348 g/mol. The van der Waals surface area contributed by atoms with Crippen LogP contribution in [0.25, 0.3) is 0 Å². The molecule has 2 bridgehead atoms. The summed E-state index contributed by atoms with van der Waals surface area (Å²) in [6.07, 6.45) is 4.63. The number of hydrogen-bond donors (Lipinski definition) is 1. The standard InChI is InChI=1S/C19H25ClN2O2/c1-11-8-16(20)6-7-18(11)24-13(3)19(23)22-21-12(2)17-10-14-4-5-15(17)9-14/h6-8,13-15,17H,4-5,9-10H2,1-3H3,(H,22,23)/b21-12+/t13-,14-,15-,17-/m0/s1. The van der Waals surface area contributed by atoms with Gasteiger partial charge in [-0.3, -0.25) is 4.79 Å². The highest BCUT2D eigenvalue weighted by molar-refractivity contribution is 6.30. The zero-order valence-electron chi connectivity index (χ0n) is 14.5. The van der Waals surface area contributed by atoms with Crippen molar-refractivity contribution in [3.05, 3.63) is 28.8 Å². The summed E-state index contributed by atoms with van der Waals surface area (Å²) in [7, 11) is 0. The molecule has 4 atom stereocenters. The molecule has 0 saturated heterocycles. The highest BCUT2D eigenvalue weighted by Crippen LogP contribution is 2.48. The molecule has 5 heteroatoms. The minimum absolute atomic E-state index is 0.230. The van der Waals surface area contributed by atoms with Gasteiger partial charge in [0.15, 0.2) is 6.10 Å². The van der Waals surface area contributed by atoms with Crippen molar-refractivity contribution in [1.29, 1.82) is 0 Å². The average Bonchev–Trinajstić information content (AvgIpc) is 3.17. The summed E-state index contributed by atoms with van der Waals surface area (Å²) >= 11 is 5.94. The maximum absolute atomic E-state index is 12.2. The second-order valence-corrected chi connectivity index (χ2v) is 7.62. The molecule has 0 spiro atoms. The van der Waals surface area contributed by atoms with E-state index in [0.717, 1.165) is 23.1 Å². The lowest BCUT2D eigenvalue weighted by molar-refractivity contribution is -0.127. The molecule has 1 N–H and O–H groups in total. The molecule has 0 aliphatic heterocycles. The van der Waals surface area contributed by atoms with Crippen LogP contribution < -0.4 is 10.2 Å². The molecular weight excluding hydrogens is 324 g/mol. The van der Waals surface area contributed by atoms with Crippen molar-refractivity contribution in [2.75, 3.05) is 0 Å².